The summed E-state index contributed by atoms with van der Waals surface area (Å²) >= 11 is 0. The van der Waals surface area contributed by atoms with Crippen molar-refractivity contribution in [3.63, 3.8) is 0 Å². The fraction of sp³-hybridized carbons (Fsp3) is 0.370. The quantitative estimate of drug-likeness (QED) is 0.507. The van der Waals surface area contributed by atoms with Crippen LogP contribution in [0.1, 0.15) is 71.1 Å². The first-order chi connectivity index (χ1) is 15.3. The highest BCUT2D eigenvalue weighted by Gasteiger charge is 2.31. The third-order valence-electron chi connectivity index (χ3n) is 5.89. The van der Waals surface area contributed by atoms with Gasteiger partial charge in [-0.05, 0) is 74.6 Å². The van der Waals surface area contributed by atoms with Gasteiger partial charge in [-0.2, -0.15) is 0 Å². The number of benzene rings is 2. The summed E-state index contributed by atoms with van der Waals surface area (Å²) in [6.07, 6.45) is 1.24. The highest BCUT2D eigenvalue weighted by Crippen LogP contribution is 2.30. The van der Waals surface area contributed by atoms with Crippen molar-refractivity contribution in [1.82, 2.24) is 4.90 Å². The summed E-state index contributed by atoms with van der Waals surface area (Å²) < 4.78 is 14.1. The fourth-order valence-corrected chi connectivity index (χ4v) is 4.44. The molecule has 2 aromatic rings. The largest absolute Gasteiger partial charge is 0.339 e. The Bertz CT molecular complexity index is 1060. The maximum Gasteiger partial charge on any atom is 0.256 e. The Morgan fingerprint density at radius 2 is 1.56 bits per heavy atom. The van der Waals surface area contributed by atoms with Gasteiger partial charge in [-0.25, -0.2) is 4.39 Å². The molecule has 1 amide bonds. The van der Waals surface area contributed by atoms with Crippen molar-refractivity contribution in [2.24, 2.45) is 0 Å². The van der Waals surface area contributed by atoms with Crippen LogP contribution in [0.3, 0.4) is 0 Å². The monoisotopic (exact) mass is 433 g/mol. The van der Waals surface area contributed by atoms with E-state index in [4.69, 9.17) is 0 Å². The lowest BCUT2D eigenvalue weighted by atomic mass is 9.81. The van der Waals surface area contributed by atoms with Gasteiger partial charge < -0.3 is 4.90 Å². The predicted octanol–water partition coefficient (Wildman–Crippen LogP) is 4.75. The third-order valence-corrected chi connectivity index (χ3v) is 5.89. The highest BCUT2D eigenvalue weighted by molar-refractivity contribution is 6.08. The molecule has 0 atom stereocenters. The molecule has 1 aliphatic rings. The van der Waals surface area contributed by atoms with Crippen LogP contribution in [0.2, 0.25) is 0 Å². The molecule has 0 bridgehead atoms. The average molecular weight is 434 g/mol. The van der Waals surface area contributed by atoms with E-state index in [1.165, 1.54) is 18.2 Å². The Hall–Kier alpha value is -3.26. The maximum absolute atomic E-state index is 14.1. The molecule has 0 aromatic heterocycles. The topological polar surface area (TPSA) is 54.5 Å². The first-order valence-electron chi connectivity index (χ1n) is 11.0. The van der Waals surface area contributed by atoms with Gasteiger partial charge in [0.2, 0.25) is 0 Å². The van der Waals surface area contributed by atoms with Gasteiger partial charge >= 0.3 is 0 Å². The van der Waals surface area contributed by atoms with Crippen LogP contribution >= 0.6 is 0 Å². The van der Waals surface area contributed by atoms with Crippen molar-refractivity contribution in [2.45, 2.75) is 52.4 Å². The van der Waals surface area contributed by atoms with Gasteiger partial charge in [0.1, 0.15) is 23.3 Å². The van der Waals surface area contributed by atoms with Gasteiger partial charge in [-0.1, -0.05) is 18.1 Å². The molecule has 1 heterocycles. The molecular weight excluding hydrogens is 405 g/mol. The zero-order valence-electron chi connectivity index (χ0n) is 18.8. The van der Waals surface area contributed by atoms with Crippen molar-refractivity contribution >= 4 is 17.5 Å². The number of carbonyl (C=O) groups is 3. The zero-order valence-corrected chi connectivity index (χ0v) is 18.8. The van der Waals surface area contributed by atoms with Gasteiger partial charge in [-0.15, -0.1) is 5.92 Å². The number of hydrogen-bond donors (Lipinski definition) is 0. The number of rotatable bonds is 2. The molecule has 0 spiro atoms. The second kappa shape index (κ2) is 10.4. The molecular formula is C27H28FNO3. The molecule has 0 unspecified atom stereocenters. The molecule has 1 saturated heterocycles. The molecule has 1 aliphatic heterocycles. The summed E-state index contributed by atoms with van der Waals surface area (Å²) in [5.74, 6) is 3.90. The SMILES string of the molecule is CC#Cc1cc(C)c(C2C(=O)CCCN(C(=O)c3ccccc3F)CCCC2=O)c(C)c1. The number of nitrogens with zero attached hydrogens (tertiary/aromatic N) is 1. The molecule has 1 fully saturated rings. The van der Waals surface area contributed by atoms with Crippen LogP contribution in [0.25, 0.3) is 0 Å². The Labute approximate surface area is 188 Å². The van der Waals surface area contributed by atoms with Gasteiger partial charge in [0.25, 0.3) is 5.91 Å². The van der Waals surface area contributed by atoms with E-state index in [1.54, 1.807) is 17.9 Å². The Balaban J connectivity index is 1.82. The van der Waals surface area contributed by atoms with Crippen LogP contribution in [0.4, 0.5) is 4.39 Å². The molecule has 0 saturated carbocycles. The van der Waals surface area contributed by atoms with E-state index < -0.39 is 17.6 Å². The van der Waals surface area contributed by atoms with E-state index in [0.717, 1.165) is 22.3 Å². The van der Waals surface area contributed by atoms with Crippen molar-refractivity contribution in [3.8, 4) is 11.8 Å². The van der Waals surface area contributed by atoms with Crippen molar-refractivity contribution in [1.29, 1.82) is 0 Å². The molecule has 0 aliphatic carbocycles. The number of carbonyl (C=O) groups excluding carboxylic acids is 3. The summed E-state index contributed by atoms with van der Waals surface area (Å²) in [6.45, 7) is 6.30. The second-order valence-electron chi connectivity index (χ2n) is 8.24. The zero-order chi connectivity index (χ0) is 23.3. The number of aryl methyl sites for hydroxylation is 2. The Morgan fingerprint density at radius 1 is 1.00 bits per heavy atom. The molecule has 5 heteroatoms. The number of halogens is 1. The second-order valence-corrected chi connectivity index (χ2v) is 8.24. The van der Waals surface area contributed by atoms with E-state index in [9.17, 15) is 18.8 Å². The first-order valence-corrected chi connectivity index (χ1v) is 11.0. The van der Waals surface area contributed by atoms with Crippen molar-refractivity contribution in [3.05, 3.63) is 70.0 Å². The van der Waals surface area contributed by atoms with Crippen molar-refractivity contribution < 1.29 is 18.8 Å². The Kier molecular flexibility index (Phi) is 7.58. The minimum absolute atomic E-state index is 0.0154. The molecule has 32 heavy (non-hydrogen) atoms. The molecule has 4 nitrogen and oxygen atoms in total. The van der Waals surface area contributed by atoms with Gasteiger partial charge in [0.15, 0.2) is 0 Å². The lowest BCUT2D eigenvalue weighted by Crippen LogP contribution is -2.36. The summed E-state index contributed by atoms with van der Waals surface area (Å²) in [7, 11) is 0. The first kappa shape index (κ1) is 23.4. The van der Waals surface area contributed by atoms with E-state index >= 15 is 0 Å². The van der Waals surface area contributed by atoms with Crippen LogP contribution < -0.4 is 0 Å². The number of Topliss-reactive ketones (excluding diaryl/α,β-unsaturated/α-hetero) is 2. The third kappa shape index (κ3) is 5.13. The maximum atomic E-state index is 14.1. The van der Waals surface area contributed by atoms with Crippen LogP contribution in [-0.4, -0.2) is 35.5 Å². The number of amides is 1. The van der Waals surface area contributed by atoms with Crippen molar-refractivity contribution in [2.75, 3.05) is 13.1 Å². The minimum atomic E-state index is -0.785. The van der Waals surface area contributed by atoms with E-state index in [0.29, 0.717) is 25.9 Å². The summed E-state index contributed by atoms with van der Waals surface area (Å²) in [4.78, 5) is 40.7. The minimum Gasteiger partial charge on any atom is -0.339 e. The van der Waals surface area contributed by atoms with Crippen LogP contribution in [0, 0.1) is 31.5 Å². The van der Waals surface area contributed by atoms with Gasteiger partial charge in [0.05, 0.1) is 5.56 Å². The van der Waals surface area contributed by atoms with Gasteiger partial charge in [-0.3, -0.25) is 14.4 Å². The smallest absolute Gasteiger partial charge is 0.256 e. The molecule has 0 radical (unpaired) electrons. The summed E-state index contributed by atoms with van der Waals surface area (Å²) in [5.41, 5.74) is 3.45. The molecule has 2 aromatic carbocycles. The molecule has 166 valence electrons. The van der Waals surface area contributed by atoms with Crippen LogP contribution in [0.5, 0.6) is 0 Å². The Morgan fingerprint density at radius 3 is 2.09 bits per heavy atom. The summed E-state index contributed by atoms with van der Waals surface area (Å²) in [6, 6.07) is 9.73. The van der Waals surface area contributed by atoms with E-state index in [2.05, 4.69) is 11.8 Å². The normalized spacial score (nSPS) is 15.8. The highest BCUT2D eigenvalue weighted by atomic mass is 19.1. The van der Waals surface area contributed by atoms with Crippen LogP contribution in [-0.2, 0) is 9.59 Å². The number of hydrogen-bond acceptors (Lipinski definition) is 3. The van der Waals surface area contributed by atoms with E-state index in [-0.39, 0.29) is 30.0 Å². The number of ketones is 2. The summed E-state index contributed by atoms with van der Waals surface area (Å²) in [5, 5.41) is 0. The standard InChI is InChI=1S/C27H28FNO3/c1-4-9-20-16-18(2)25(19(3)17-20)26-23(30)12-7-14-29(15-8-13-24(26)31)27(32)21-10-5-6-11-22(21)28/h5-6,10-11,16-17,26H,7-8,12-15H2,1-3H3. The van der Waals surface area contributed by atoms with Crippen LogP contribution in [0.15, 0.2) is 36.4 Å². The van der Waals surface area contributed by atoms with Gasteiger partial charge in [0, 0.05) is 31.5 Å². The predicted molar refractivity (Wildman–Crippen MR) is 122 cm³/mol. The molecule has 3 rings (SSSR count). The lowest BCUT2D eigenvalue weighted by Gasteiger charge is -2.26. The fourth-order valence-electron chi connectivity index (χ4n) is 4.44. The van der Waals surface area contributed by atoms with E-state index in [1.807, 2.05) is 26.0 Å². The molecule has 0 N–H and O–H groups in total. The average Bonchev–Trinajstić information content (AvgIpc) is 2.74. The lowest BCUT2D eigenvalue weighted by molar-refractivity contribution is -0.129.